The van der Waals surface area contributed by atoms with Gasteiger partial charge in [0, 0.05) is 14.5 Å². The molecule has 0 radical (unpaired) electrons. The van der Waals surface area contributed by atoms with Crippen LogP contribution in [0.2, 0.25) is 0 Å². The van der Waals surface area contributed by atoms with Gasteiger partial charge in [0.15, 0.2) is 0 Å². The standard InChI is InChI=1S/C9H10INS/c10-6-2-1-3-8-9(6)7(11)4-5-12-8/h1-3,7H,4-5,11H2. The second kappa shape index (κ2) is 3.55. The maximum atomic E-state index is 6.03. The van der Waals surface area contributed by atoms with Gasteiger partial charge in [-0.1, -0.05) is 6.07 Å². The number of hydrogen-bond acceptors (Lipinski definition) is 2. The normalized spacial score (nSPS) is 22.0. The van der Waals surface area contributed by atoms with E-state index in [1.54, 1.807) is 0 Å². The molecule has 2 rings (SSSR count). The van der Waals surface area contributed by atoms with E-state index in [-0.39, 0.29) is 6.04 Å². The molecule has 1 aromatic rings. The second-order valence-corrected chi connectivity index (χ2v) is 5.19. The molecule has 0 bridgehead atoms. The number of nitrogens with two attached hydrogens (primary N) is 1. The zero-order valence-electron chi connectivity index (χ0n) is 6.59. The third kappa shape index (κ3) is 1.49. The van der Waals surface area contributed by atoms with Gasteiger partial charge in [0.2, 0.25) is 0 Å². The van der Waals surface area contributed by atoms with Crippen LogP contribution in [-0.4, -0.2) is 5.75 Å². The van der Waals surface area contributed by atoms with Crippen LogP contribution in [0.5, 0.6) is 0 Å². The molecular weight excluding hydrogens is 281 g/mol. The summed E-state index contributed by atoms with van der Waals surface area (Å²) in [4.78, 5) is 1.38. The van der Waals surface area contributed by atoms with Gasteiger partial charge in [-0.05, 0) is 52.5 Å². The van der Waals surface area contributed by atoms with Crippen molar-refractivity contribution in [3.63, 3.8) is 0 Å². The van der Waals surface area contributed by atoms with Crippen LogP contribution in [0.4, 0.5) is 0 Å². The van der Waals surface area contributed by atoms with E-state index >= 15 is 0 Å². The van der Waals surface area contributed by atoms with Gasteiger partial charge in [-0.2, -0.15) is 0 Å². The van der Waals surface area contributed by atoms with Crippen molar-refractivity contribution in [1.29, 1.82) is 0 Å². The third-order valence-electron chi connectivity index (χ3n) is 2.07. The predicted molar refractivity (Wildman–Crippen MR) is 61.4 cm³/mol. The zero-order valence-corrected chi connectivity index (χ0v) is 9.56. The van der Waals surface area contributed by atoms with Crippen LogP contribution in [-0.2, 0) is 0 Å². The molecule has 1 nitrogen and oxygen atoms in total. The average Bonchev–Trinajstić information content (AvgIpc) is 2.04. The highest BCUT2D eigenvalue weighted by Gasteiger charge is 2.18. The molecule has 0 spiro atoms. The van der Waals surface area contributed by atoms with Crippen molar-refractivity contribution in [3.05, 3.63) is 27.3 Å². The molecule has 1 aliphatic heterocycles. The molecule has 0 aliphatic carbocycles. The van der Waals surface area contributed by atoms with E-state index in [0.717, 1.165) is 12.2 Å². The van der Waals surface area contributed by atoms with Crippen molar-refractivity contribution in [2.75, 3.05) is 5.75 Å². The van der Waals surface area contributed by atoms with Gasteiger partial charge in [-0.15, -0.1) is 11.8 Å². The summed E-state index contributed by atoms with van der Waals surface area (Å²) < 4.78 is 1.31. The summed E-state index contributed by atoms with van der Waals surface area (Å²) >= 11 is 4.29. The zero-order chi connectivity index (χ0) is 8.55. The lowest BCUT2D eigenvalue weighted by molar-refractivity contribution is 0.676. The first kappa shape index (κ1) is 8.84. The van der Waals surface area contributed by atoms with E-state index in [0.29, 0.717) is 0 Å². The van der Waals surface area contributed by atoms with Gasteiger partial charge in [0.05, 0.1) is 0 Å². The fraction of sp³-hybridized carbons (Fsp3) is 0.333. The second-order valence-electron chi connectivity index (χ2n) is 2.90. The summed E-state index contributed by atoms with van der Waals surface area (Å²) in [5.41, 5.74) is 7.38. The lowest BCUT2D eigenvalue weighted by Crippen LogP contribution is -2.17. The average molecular weight is 291 g/mol. The molecule has 1 unspecified atom stereocenters. The van der Waals surface area contributed by atoms with Crippen LogP contribution in [0.25, 0.3) is 0 Å². The van der Waals surface area contributed by atoms with Crippen molar-refractivity contribution < 1.29 is 0 Å². The van der Waals surface area contributed by atoms with E-state index in [9.17, 15) is 0 Å². The van der Waals surface area contributed by atoms with E-state index in [1.807, 2.05) is 11.8 Å². The Morgan fingerprint density at radius 1 is 1.50 bits per heavy atom. The minimum absolute atomic E-state index is 0.259. The highest BCUT2D eigenvalue weighted by Crippen LogP contribution is 2.37. The van der Waals surface area contributed by atoms with Crippen LogP contribution >= 0.6 is 34.4 Å². The molecule has 1 aromatic carbocycles. The van der Waals surface area contributed by atoms with Crippen molar-refractivity contribution >= 4 is 34.4 Å². The highest BCUT2D eigenvalue weighted by molar-refractivity contribution is 14.1. The molecule has 0 saturated carbocycles. The molecule has 64 valence electrons. The van der Waals surface area contributed by atoms with Gasteiger partial charge in [-0.25, -0.2) is 0 Å². The number of rotatable bonds is 0. The number of benzene rings is 1. The van der Waals surface area contributed by atoms with Gasteiger partial charge >= 0.3 is 0 Å². The number of fused-ring (bicyclic) bond motifs is 1. The van der Waals surface area contributed by atoms with Crippen LogP contribution in [0.1, 0.15) is 18.0 Å². The fourth-order valence-corrected chi connectivity index (χ4v) is 3.71. The summed E-state index contributed by atoms with van der Waals surface area (Å²) in [7, 11) is 0. The molecule has 0 fully saturated rings. The molecule has 0 aromatic heterocycles. The van der Waals surface area contributed by atoms with E-state index in [2.05, 4.69) is 40.8 Å². The summed E-state index contributed by atoms with van der Waals surface area (Å²) in [6.07, 6.45) is 1.11. The topological polar surface area (TPSA) is 26.0 Å². The molecule has 12 heavy (non-hydrogen) atoms. The molecule has 1 atom stereocenters. The van der Waals surface area contributed by atoms with E-state index in [1.165, 1.54) is 14.0 Å². The summed E-state index contributed by atoms with van der Waals surface area (Å²) in [6.45, 7) is 0. The Morgan fingerprint density at radius 3 is 3.08 bits per heavy atom. The monoisotopic (exact) mass is 291 g/mol. The Morgan fingerprint density at radius 2 is 2.33 bits per heavy atom. The minimum Gasteiger partial charge on any atom is -0.324 e. The lowest BCUT2D eigenvalue weighted by atomic mass is 10.1. The number of hydrogen-bond donors (Lipinski definition) is 1. The molecule has 0 saturated heterocycles. The Hall–Kier alpha value is 0.260. The Kier molecular flexibility index (Phi) is 2.62. The summed E-state index contributed by atoms with van der Waals surface area (Å²) in [6, 6.07) is 6.66. The highest BCUT2D eigenvalue weighted by atomic mass is 127. The van der Waals surface area contributed by atoms with Crippen molar-refractivity contribution in [2.45, 2.75) is 17.4 Å². The van der Waals surface area contributed by atoms with Gasteiger partial charge in [0.25, 0.3) is 0 Å². The minimum atomic E-state index is 0.259. The Labute approximate surface area is 90.2 Å². The van der Waals surface area contributed by atoms with Gasteiger partial charge in [-0.3, -0.25) is 0 Å². The van der Waals surface area contributed by atoms with Gasteiger partial charge in [0.1, 0.15) is 0 Å². The first-order valence-corrected chi connectivity index (χ1v) is 6.02. The Balaban J connectivity index is 2.53. The van der Waals surface area contributed by atoms with Crippen molar-refractivity contribution in [3.8, 4) is 0 Å². The maximum Gasteiger partial charge on any atom is 0.0324 e. The van der Waals surface area contributed by atoms with Crippen LogP contribution in [0.15, 0.2) is 23.1 Å². The molecule has 3 heteroatoms. The quantitative estimate of drug-likeness (QED) is 0.744. The van der Waals surface area contributed by atoms with E-state index < -0.39 is 0 Å². The maximum absolute atomic E-state index is 6.03. The molecule has 1 heterocycles. The van der Waals surface area contributed by atoms with Crippen molar-refractivity contribution in [2.24, 2.45) is 5.73 Å². The Bertz CT molecular complexity index is 301. The SMILES string of the molecule is NC1CCSc2cccc(I)c21. The molecule has 0 amide bonds. The van der Waals surface area contributed by atoms with Crippen molar-refractivity contribution in [1.82, 2.24) is 0 Å². The smallest absolute Gasteiger partial charge is 0.0324 e. The third-order valence-corrected chi connectivity index (χ3v) is 4.12. The van der Waals surface area contributed by atoms with Crippen LogP contribution < -0.4 is 5.73 Å². The number of halogens is 1. The molecule has 2 N–H and O–H groups in total. The predicted octanol–water partition coefficient (Wildman–Crippen LogP) is 2.79. The first-order chi connectivity index (χ1) is 5.79. The van der Waals surface area contributed by atoms with Crippen LogP contribution in [0, 0.1) is 3.57 Å². The van der Waals surface area contributed by atoms with Crippen LogP contribution in [0.3, 0.4) is 0 Å². The summed E-state index contributed by atoms with van der Waals surface area (Å²) in [5.74, 6) is 1.16. The number of thioether (sulfide) groups is 1. The molecule has 1 aliphatic rings. The van der Waals surface area contributed by atoms with Gasteiger partial charge < -0.3 is 5.73 Å². The largest absolute Gasteiger partial charge is 0.324 e. The summed E-state index contributed by atoms with van der Waals surface area (Å²) in [5, 5.41) is 0. The fourth-order valence-electron chi connectivity index (χ4n) is 1.44. The lowest BCUT2D eigenvalue weighted by Gasteiger charge is -2.22. The molecular formula is C9H10INS. The first-order valence-electron chi connectivity index (χ1n) is 3.96. The van der Waals surface area contributed by atoms with E-state index in [4.69, 9.17) is 5.73 Å².